The van der Waals surface area contributed by atoms with Gasteiger partial charge in [0.05, 0.1) is 12.3 Å². The molecule has 0 bridgehead atoms. The van der Waals surface area contributed by atoms with Gasteiger partial charge in [0.1, 0.15) is 5.75 Å². The lowest BCUT2D eigenvalue weighted by molar-refractivity contribution is -0.111. The summed E-state index contributed by atoms with van der Waals surface area (Å²) in [6, 6.07) is 14.0. The third-order valence-corrected chi connectivity index (χ3v) is 5.47. The SMILES string of the molecule is CCCOc1ccc(/C=C/C(=O)Nc2nc(-c3ccc(C)c(C)c3)c(C)s2)cc1. The Kier molecular flexibility index (Phi) is 6.83. The molecule has 29 heavy (non-hydrogen) atoms. The van der Waals surface area contributed by atoms with Gasteiger partial charge in [-0.25, -0.2) is 4.98 Å². The van der Waals surface area contributed by atoms with Crippen LogP contribution in [-0.2, 0) is 4.79 Å². The lowest BCUT2D eigenvalue weighted by Gasteiger charge is -2.04. The van der Waals surface area contributed by atoms with Crippen LogP contribution in [0.1, 0.15) is 34.9 Å². The number of amides is 1. The molecule has 0 saturated heterocycles. The van der Waals surface area contributed by atoms with E-state index in [-0.39, 0.29) is 5.91 Å². The maximum atomic E-state index is 12.3. The third kappa shape index (κ3) is 5.55. The van der Waals surface area contributed by atoms with Gasteiger partial charge in [-0.15, -0.1) is 11.3 Å². The van der Waals surface area contributed by atoms with Crippen LogP contribution in [0.5, 0.6) is 5.75 Å². The number of hydrogen-bond donors (Lipinski definition) is 1. The van der Waals surface area contributed by atoms with Gasteiger partial charge in [0.15, 0.2) is 5.13 Å². The maximum absolute atomic E-state index is 12.3. The summed E-state index contributed by atoms with van der Waals surface area (Å²) < 4.78 is 5.57. The maximum Gasteiger partial charge on any atom is 0.250 e. The molecule has 1 N–H and O–H groups in total. The number of nitrogens with zero attached hydrogens (tertiary/aromatic N) is 1. The second-order valence-corrected chi connectivity index (χ2v) is 8.17. The van der Waals surface area contributed by atoms with Crippen LogP contribution in [0.2, 0.25) is 0 Å². The van der Waals surface area contributed by atoms with Gasteiger partial charge in [0, 0.05) is 16.5 Å². The predicted octanol–water partition coefficient (Wildman–Crippen LogP) is 6.18. The van der Waals surface area contributed by atoms with Gasteiger partial charge in [0.25, 0.3) is 0 Å². The van der Waals surface area contributed by atoms with E-state index < -0.39 is 0 Å². The standard InChI is InChI=1S/C24H26N2O2S/c1-5-14-28-21-11-7-19(8-12-21)9-13-22(27)25-24-26-23(18(4)29-24)20-10-6-16(2)17(3)15-20/h6-13,15H,5,14H2,1-4H3,(H,25,26,27)/b13-9+. The lowest BCUT2D eigenvalue weighted by atomic mass is 10.0. The van der Waals surface area contributed by atoms with Crippen LogP contribution in [-0.4, -0.2) is 17.5 Å². The number of carbonyl (C=O) groups is 1. The van der Waals surface area contributed by atoms with E-state index in [0.29, 0.717) is 11.7 Å². The number of ether oxygens (including phenoxy) is 1. The van der Waals surface area contributed by atoms with E-state index in [9.17, 15) is 4.79 Å². The number of hydrogen-bond acceptors (Lipinski definition) is 4. The quantitative estimate of drug-likeness (QED) is 0.477. The predicted molar refractivity (Wildman–Crippen MR) is 122 cm³/mol. The van der Waals surface area contributed by atoms with Crippen molar-refractivity contribution in [1.29, 1.82) is 0 Å². The molecule has 3 rings (SSSR count). The topological polar surface area (TPSA) is 51.2 Å². The highest BCUT2D eigenvalue weighted by atomic mass is 32.1. The molecule has 1 aromatic heterocycles. The van der Waals surface area contributed by atoms with Crippen LogP contribution in [0, 0.1) is 20.8 Å². The molecule has 0 aliphatic rings. The summed E-state index contributed by atoms with van der Waals surface area (Å²) in [6.45, 7) is 8.99. The van der Waals surface area contributed by atoms with Gasteiger partial charge in [-0.1, -0.05) is 31.2 Å². The van der Waals surface area contributed by atoms with Crippen molar-refractivity contribution in [2.75, 3.05) is 11.9 Å². The molecule has 0 spiro atoms. The summed E-state index contributed by atoms with van der Waals surface area (Å²) >= 11 is 1.49. The summed E-state index contributed by atoms with van der Waals surface area (Å²) in [7, 11) is 0. The molecule has 2 aromatic carbocycles. The van der Waals surface area contributed by atoms with Crippen LogP contribution in [0.3, 0.4) is 0 Å². The Morgan fingerprint density at radius 1 is 1.10 bits per heavy atom. The Morgan fingerprint density at radius 2 is 1.86 bits per heavy atom. The highest BCUT2D eigenvalue weighted by Gasteiger charge is 2.11. The molecule has 150 valence electrons. The monoisotopic (exact) mass is 406 g/mol. The normalized spacial score (nSPS) is 11.0. The first-order valence-electron chi connectivity index (χ1n) is 9.73. The first-order chi connectivity index (χ1) is 14.0. The first kappa shape index (κ1) is 20.8. The molecule has 0 atom stereocenters. The molecule has 1 heterocycles. The van der Waals surface area contributed by atoms with Crippen molar-refractivity contribution in [3.63, 3.8) is 0 Å². The molecule has 0 radical (unpaired) electrons. The summed E-state index contributed by atoms with van der Waals surface area (Å²) in [5, 5.41) is 3.47. The zero-order valence-electron chi connectivity index (χ0n) is 17.3. The molecule has 0 unspecified atom stereocenters. The van der Waals surface area contributed by atoms with Gasteiger partial charge in [-0.05, 0) is 68.2 Å². The fourth-order valence-corrected chi connectivity index (χ4v) is 3.66. The fourth-order valence-electron chi connectivity index (χ4n) is 2.82. The summed E-state index contributed by atoms with van der Waals surface area (Å²) in [5.74, 6) is 0.641. The van der Waals surface area contributed by atoms with Gasteiger partial charge < -0.3 is 4.74 Å². The number of nitrogens with one attached hydrogen (secondary N) is 1. The van der Waals surface area contributed by atoms with Crippen molar-refractivity contribution < 1.29 is 9.53 Å². The molecule has 0 fully saturated rings. The lowest BCUT2D eigenvalue weighted by Crippen LogP contribution is -2.07. The number of aryl methyl sites for hydroxylation is 3. The second-order valence-electron chi connectivity index (χ2n) is 6.96. The van der Waals surface area contributed by atoms with Crippen LogP contribution in [0.15, 0.2) is 48.5 Å². The second kappa shape index (κ2) is 9.52. The zero-order valence-corrected chi connectivity index (χ0v) is 18.1. The van der Waals surface area contributed by atoms with Crippen molar-refractivity contribution in [1.82, 2.24) is 4.98 Å². The Labute approximate surface area is 176 Å². The number of anilines is 1. The van der Waals surface area contributed by atoms with Crippen molar-refractivity contribution in [2.45, 2.75) is 34.1 Å². The van der Waals surface area contributed by atoms with Crippen LogP contribution < -0.4 is 10.1 Å². The molecule has 0 aliphatic heterocycles. The Hall–Kier alpha value is -2.92. The average molecular weight is 407 g/mol. The van der Waals surface area contributed by atoms with E-state index in [1.54, 1.807) is 6.08 Å². The summed E-state index contributed by atoms with van der Waals surface area (Å²) in [6.07, 6.45) is 4.28. The summed E-state index contributed by atoms with van der Waals surface area (Å²) in [4.78, 5) is 18.0. The van der Waals surface area contributed by atoms with Crippen LogP contribution >= 0.6 is 11.3 Å². The van der Waals surface area contributed by atoms with E-state index in [1.165, 1.54) is 28.5 Å². The molecular weight excluding hydrogens is 380 g/mol. The Bertz CT molecular complexity index is 1020. The number of benzene rings is 2. The van der Waals surface area contributed by atoms with Crippen LogP contribution in [0.4, 0.5) is 5.13 Å². The zero-order chi connectivity index (χ0) is 20.8. The number of aromatic nitrogens is 1. The van der Waals surface area contributed by atoms with Gasteiger partial charge in [-0.2, -0.15) is 0 Å². The van der Waals surface area contributed by atoms with Gasteiger partial charge in [-0.3, -0.25) is 10.1 Å². The average Bonchev–Trinajstić information content (AvgIpc) is 3.07. The molecule has 0 saturated carbocycles. The van der Waals surface area contributed by atoms with E-state index in [0.717, 1.165) is 33.9 Å². The van der Waals surface area contributed by atoms with E-state index >= 15 is 0 Å². The fraction of sp³-hybridized carbons (Fsp3) is 0.250. The Balaban J connectivity index is 1.65. The molecule has 0 aliphatic carbocycles. The molecule has 5 heteroatoms. The van der Waals surface area contributed by atoms with Crippen molar-refractivity contribution in [3.05, 3.63) is 70.1 Å². The number of rotatable bonds is 7. The number of thiazole rings is 1. The van der Waals surface area contributed by atoms with E-state index in [1.807, 2.05) is 31.2 Å². The molecule has 4 nitrogen and oxygen atoms in total. The molecule has 3 aromatic rings. The molecular formula is C24H26N2O2S. The minimum Gasteiger partial charge on any atom is -0.494 e. The van der Waals surface area contributed by atoms with Crippen LogP contribution in [0.25, 0.3) is 17.3 Å². The highest BCUT2D eigenvalue weighted by molar-refractivity contribution is 7.16. The number of carbonyl (C=O) groups excluding carboxylic acids is 1. The van der Waals surface area contributed by atoms with E-state index in [4.69, 9.17) is 4.74 Å². The smallest absolute Gasteiger partial charge is 0.250 e. The Morgan fingerprint density at radius 3 is 2.55 bits per heavy atom. The van der Waals surface area contributed by atoms with Gasteiger partial charge in [0.2, 0.25) is 5.91 Å². The molecule has 1 amide bonds. The van der Waals surface area contributed by atoms with Gasteiger partial charge >= 0.3 is 0 Å². The van der Waals surface area contributed by atoms with Crippen molar-refractivity contribution >= 4 is 28.5 Å². The largest absolute Gasteiger partial charge is 0.494 e. The highest BCUT2D eigenvalue weighted by Crippen LogP contribution is 2.31. The first-order valence-corrected chi connectivity index (χ1v) is 10.5. The summed E-state index contributed by atoms with van der Waals surface area (Å²) in [5.41, 5.74) is 5.42. The van der Waals surface area contributed by atoms with E-state index in [2.05, 4.69) is 49.3 Å². The van der Waals surface area contributed by atoms with Crippen molar-refractivity contribution in [3.8, 4) is 17.0 Å². The minimum atomic E-state index is -0.198. The minimum absolute atomic E-state index is 0.198. The third-order valence-electron chi connectivity index (χ3n) is 4.59. The van der Waals surface area contributed by atoms with Crippen molar-refractivity contribution in [2.24, 2.45) is 0 Å².